The Hall–Kier alpha value is -1.48. The Morgan fingerprint density at radius 3 is 2.82 bits per heavy atom. The minimum Gasteiger partial charge on any atom is -0.382 e. The molecule has 17 heavy (non-hydrogen) atoms. The van der Waals surface area contributed by atoms with Crippen molar-refractivity contribution in [2.45, 2.75) is 19.8 Å². The lowest BCUT2D eigenvalue weighted by atomic mass is 10.1. The van der Waals surface area contributed by atoms with Gasteiger partial charge in [-0.05, 0) is 37.8 Å². The van der Waals surface area contributed by atoms with Crippen LogP contribution < -0.4 is 11.1 Å². The fourth-order valence-electron chi connectivity index (χ4n) is 2.41. The number of rotatable bonds is 4. The molecule has 1 fully saturated rings. The zero-order chi connectivity index (χ0) is 11.9. The van der Waals surface area contributed by atoms with E-state index in [1.165, 1.54) is 35.1 Å². The van der Waals surface area contributed by atoms with Crippen LogP contribution in [0.15, 0.2) is 24.3 Å². The maximum absolute atomic E-state index is 5.81. The molecular weight excluding hydrogens is 210 g/mol. The Kier molecular flexibility index (Phi) is 2.37. The lowest BCUT2D eigenvalue weighted by molar-refractivity contribution is 0.556. The smallest absolute Gasteiger partial charge is 0.0628 e. The van der Waals surface area contributed by atoms with E-state index in [1.54, 1.807) is 0 Å². The second-order valence-electron chi connectivity index (χ2n) is 5.23. The van der Waals surface area contributed by atoms with Crippen LogP contribution in [-0.2, 0) is 0 Å². The molecule has 1 heterocycles. The quantitative estimate of drug-likeness (QED) is 0.755. The van der Waals surface area contributed by atoms with Crippen molar-refractivity contribution >= 4 is 16.6 Å². The molecule has 1 aromatic heterocycles. The highest BCUT2D eigenvalue weighted by Gasteiger charge is 2.40. The Balaban J connectivity index is 1.87. The van der Waals surface area contributed by atoms with Gasteiger partial charge in [-0.15, -0.1) is 0 Å². The highest BCUT2D eigenvalue weighted by Crippen LogP contribution is 2.44. The molecule has 1 aliphatic carbocycles. The number of para-hydroxylation sites is 1. The molecule has 90 valence electrons. The molecule has 0 radical (unpaired) electrons. The van der Waals surface area contributed by atoms with Crippen LogP contribution in [0.1, 0.15) is 18.5 Å². The highest BCUT2D eigenvalue weighted by atomic mass is 14.9. The summed E-state index contributed by atoms with van der Waals surface area (Å²) in [6, 6.07) is 8.41. The van der Waals surface area contributed by atoms with Gasteiger partial charge in [-0.25, -0.2) is 0 Å². The van der Waals surface area contributed by atoms with E-state index >= 15 is 0 Å². The molecule has 0 unspecified atom stereocenters. The van der Waals surface area contributed by atoms with E-state index in [9.17, 15) is 0 Å². The SMILES string of the molecule is Cc1[nH]c2ccccc2c1NCC1(CN)CC1. The highest BCUT2D eigenvalue weighted by molar-refractivity contribution is 5.94. The number of nitrogens with one attached hydrogen (secondary N) is 2. The molecule has 0 amide bonds. The Bertz CT molecular complexity index is 537. The van der Waals surface area contributed by atoms with E-state index in [0.29, 0.717) is 5.41 Å². The van der Waals surface area contributed by atoms with E-state index in [0.717, 1.165) is 13.1 Å². The van der Waals surface area contributed by atoms with Crippen molar-refractivity contribution in [2.75, 3.05) is 18.4 Å². The summed E-state index contributed by atoms with van der Waals surface area (Å²) in [7, 11) is 0. The summed E-state index contributed by atoms with van der Waals surface area (Å²) in [5.74, 6) is 0. The lowest BCUT2D eigenvalue weighted by Gasteiger charge is -2.14. The van der Waals surface area contributed by atoms with Gasteiger partial charge in [0, 0.05) is 23.1 Å². The molecule has 4 N–H and O–H groups in total. The third-order valence-electron chi connectivity index (χ3n) is 3.92. The standard InChI is InChI=1S/C14H19N3/c1-10-13(16-9-14(8-15)6-7-14)11-4-2-3-5-12(11)17-10/h2-5,16-17H,6-9,15H2,1H3. The zero-order valence-corrected chi connectivity index (χ0v) is 10.2. The minimum absolute atomic E-state index is 0.366. The normalized spacial score (nSPS) is 17.3. The average molecular weight is 229 g/mol. The van der Waals surface area contributed by atoms with Crippen molar-refractivity contribution < 1.29 is 0 Å². The topological polar surface area (TPSA) is 53.8 Å². The van der Waals surface area contributed by atoms with Crippen molar-refractivity contribution in [2.24, 2.45) is 11.1 Å². The summed E-state index contributed by atoms with van der Waals surface area (Å²) < 4.78 is 0. The third-order valence-corrected chi connectivity index (χ3v) is 3.92. The maximum atomic E-state index is 5.81. The van der Waals surface area contributed by atoms with Gasteiger partial charge in [0.15, 0.2) is 0 Å². The van der Waals surface area contributed by atoms with Crippen LogP contribution in [0.2, 0.25) is 0 Å². The van der Waals surface area contributed by atoms with Crippen LogP contribution in [0, 0.1) is 12.3 Å². The molecule has 0 spiro atoms. The van der Waals surface area contributed by atoms with Crippen LogP contribution >= 0.6 is 0 Å². The van der Waals surface area contributed by atoms with Gasteiger partial charge in [-0.1, -0.05) is 18.2 Å². The van der Waals surface area contributed by atoms with Crippen molar-refractivity contribution in [3.05, 3.63) is 30.0 Å². The number of benzene rings is 1. The molecule has 0 aliphatic heterocycles. The molecule has 1 aliphatic rings. The third kappa shape index (κ3) is 1.80. The van der Waals surface area contributed by atoms with Crippen molar-refractivity contribution in [3.8, 4) is 0 Å². The van der Waals surface area contributed by atoms with E-state index < -0.39 is 0 Å². The molecule has 1 aromatic carbocycles. The Morgan fingerprint density at radius 2 is 2.12 bits per heavy atom. The fraction of sp³-hybridized carbons (Fsp3) is 0.429. The summed E-state index contributed by atoms with van der Waals surface area (Å²) in [6.07, 6.45) is 2.52. The number of aryl methyl sites for hydroxylation is 1. The zero-order valence-electron chi connectivity index (χ0n) is 10.2. The number of aromatic nitrogens is 1. The van der Waals surface area contributed by atoms with E-state index in [2.05, 4.69) is 41.5 Å². The Labute approximate surface area is 101 Å². The number of nitrogens with two attached hydrogens (primary N) is 1. The van der Waals surface area contributed by atoms with Crippen molar-refractivity contribution in [1.29, 1.82) is 0 Å². The van der Waals surface area contributed by atoms with Crippen LogP contribution in [0.25, 0.3) is 10.9 Å². The second-order valence-corrected chi connectivity index (χ2v) is 5.23. The first-order valence-electron chi connectivity index (χ1n) is 6.25. The van der Waals surface area contributed by atoms with Crippen molar-refractivity contribution in [3.63, 3.8) is 0 Å². The van der Waals surface area contributed by atoms with Crippen LogP contribution in [-0.4, -0.2) is 18.1 Å². The van der Waals surface area contributed by atoms with Gasteiger partial charge in [0.05, 0.1) is 5.69 Å². The molecule has 0 atom stereocenters. The molecule has 0 bridgehead atoms. The molecule has 0 saturated heterocycles. The van der Waals surface area contributed by atoms with Gasteiger partial charge in [0.25, 0.3) is 0 Å². The van der Waals surface area contributed by atoms with E-state index in [4.69, 9.17) is 5.73 Å². The maximum Gasteiger partial charge on any atom is 0.0628 e. The van der Waals surface area contributed by atoms with Crippen molar-refractivity contribution in [1.82, 2.24) is 4.98 Å². The number of hydrogen-bond donors (Lipinski definition) is 3. The molecule has 3 heteroatoms. The summed E-state index contributed by atoms with van der Waals surface area (Å²) in [5.41, 5.74) is 9.82. The first-order chi connectivity index (χ1) is 8.24. The van der Waals surface area contributed by atoms with Crippen LogP contribution in [0.3, 0.4) is 0 Å². The number of H-pyrrole nitrogens is 1. The molecule has 1 saturated carbocycles. The van der Waals surface area contributed by atoms with Gasteiger partial charge in [-0.2, -0.15) is 0 Å². The average Bonchev–Trinajstić information content (AvgIpc) is 3.05. The van der Waals surface area contributed by atoms with Crippen LogP contribution in [0.4, 0.5) is 5.69 Å². The van der Waals surface area contributed by atoms with Gasteiger partial charge in [0.1, 0.15) is 0 Å². The summed E-state index contributed by atoms with van der Waals surface area (Å²) >= 11 is 0. The minimum atomic E-state index is 0.366. The fourth-order valence-corrected chi connectivity index (χ4v) is 2.41. The second kappa shape index (κ2) is 3.77. The molecule has 3 nitrogen and oxygen atoms in total. The summed E-state index contributed by atoms with van der Waals surface area (Å²) in [4.78, 5) is 3.41. The van der Waals surface area contributed by atoms with Crippen LogP contribution in [0.5, 0.6) is 0 Å². The number of aromatic amines is 1. The molecule has 2 aromatic rings. The number of anilines is 1. The predicted molar refractivity (Wildman–Crippen MR) is 72.2 cm³/mol. The predicted octanol–water partition coefficient (Wildman–Crippen LogP) is 2.63. The van der Waals surface area contributed by atoms with E-state index in [-0.39, 0.29) is 0 Å². The van der Waals surface area contributed by atoms with Gasteiger partial charge in [-0.3, -0.25) is 0 Å². The molecular formula is C14H19N3. The summed E-state index contributed by atoms with van der Waals surface area (Å²) in [6.45, 7) is 3.90. The molecule has 3 rings (SSSR count). The number of hydrogen-bond acceptors (Lipinski definition) is 2. The first kappa shape index (κ1) is 10.7. The number of fused-ring (bicyclic) bond motifs is 1. The Morgan fingerprint density at radius 1 is 1.35 bits per heavy atom. The van der Waals surface area contributed by atoms with Gasteiger partial charge < -0.3 is 16.0 Å². The van der Waals surface area contributed by atoms with E-state index in [1.807, 2.05) is 0 Å². The largest absolute Gasteiger partial charge is 0.382 e. The summed E-state index contributed by atoms with van der Waals surface area (Å²) in [5, 5.41) is 4.85. The first-order valence-corrected chi connectivity index (χ1v) is 6.25. The van der Waals surface area contributed by atoms with Gasteiger partial charge in [0.2, 0.25) is 0 Å². The monoisotopic (exact) mass is 229 g/mol. The van der Waals surface area contributed by atoms with Gasteiger partial charge >= 0.3 is 0 Å². The lowest BCUT2D eigenvalue weighted by Crippen LogP contribution is -2.24.